The van der Waals surface area contributed by atoms with Gasteiger partial charge in [-0.1, -0.05) is 11.3 Å². The second kappa shape index (κ2) is 9.46. The highest BCUT2D eigenvalue weighted by Crippen LogP contribution is 2.31. The van der Waals surface area contributed by atoms with E-state index in [9.17, 15) is 4.79 Å². The van der Waals surface area contributed by atoms with Crippen LogP contribution in [0.25, 0.3) is 10.2 Å². The van der Waals surface area contributed by atoms with Crippen molar-refractivity contribution in [2.75, 3.05) is 23.4 Å². The lowest BCUT2D eigenvalue weighted by Gasteiger charge is -2.27. The molecule has 35 heavy (non-hydrogen) atoms. The predicted octanol–water partition coefficient (Wildman–Crippen LogP) is 4.11. The first kappa shape index (κ1) is 22.3. The summed E-state index contributed by atoms with van der Waals surface area (Å²) in [6, 6.07) is 6.51. The number of nitrogens with zero attached hydrogens (tertiary/aromatic N) is 6. The molecule has 3 aromatic heterocycles. The number of carbonyl (C=O) groups excluding carboxylic acids is 1. The summed E-state index contributed by atoms with van der Waals surface area (Å²) >= 11 is 3.27. The van der Waals surface area contributed by atoms with Gasteiger partial charge in [0, 0.05) is 60.4 Å². The number of imidazole rings is 1. The minimum absolute atomic E-state index is 0.0288. The summed E-state index contributed by atoms with van der Waals surface area (Å²) in [6.07, 6.45) is 12.6. The van der Waals surface area contributed by atoms with Crippen LogP contribution in [0.1, 0.15) is 35.4 Å². The summed E-state index contributed by atoms with van der Waals surface area (Å²) < 4.78 is 3.18. The summed E-state index contributed by atoms with van der Waals surface area (Å²) in [5.41, 5.74) is 1.53. The zero-order chi connectivity index (χ0) is 23.8. The van der Waals surface area contributed by atoms with Crippen LogP contribution in [-0.4, -0.2) is 60.2 Å². The number of aromatic nitrogens is 5. The molecular weight excluding hydrogens is 480 g/mol. The number of fused-ring (bicyclic) bond motifs is 2. The van der Waals surface area contributed by atoms with Gasteiger partial charge in [0.05, 0.1) is 16.8 Å². The zero-order valence-corrected chi connectivity index (χ0v) is 21.0. The van der Waals surface area contributed by atoms with Crippen molar-refractivity contribution in [3.63, 3.8) is 0 Å². The molecule has 0 radical (unpaired) electrons. The fraction of sp³-hybridized carbons (Fsp3) is 0.375. The standard InChI is InChI=1S/C24H26N8OS2/c1-34-18-12-26-23(27-13-18)28-16-3-4-17(11-16)29-24-30-19-10-15(2-5-20(19)35-24)22(33)32-9-8-31-7-6-25-21(31)14-32/h2,5-7,10,12-13,16-17H,3-4,8-9,11,14H2,1H3,(H,29,30)(H,26,27,28)/t16-,17-/m0/s1. The SMILES string of the molecule is CSc1cnc(N[C@H]2CC[C@H](Nc3nc4cc(C(=O)N5CCn6ccnc6C5)ccc4s3)C2)nc1. The van der Waals surface area contributed by atoms with E-state index in [0.29, 0.717) is 36.7 Å². The number of thioether (sulfide) groups is 1. The first-order valence-electron chi connectivity index (χ1n) is 11.7. The summed E-state index contributed by atoms with van der Waals surface area (Å²) in [4.78, 5) is 34.0. The molecule has 1 aliphatic carbocycles. The fourth-order valence-corrected chi connectivity index (χ4v) is 5.99. The number of amides is 1. The quantitative estimate of drug-likeness (QED) is 0.377. The molecule has 9 nitrogen and oxygen atoms in total. The Morgan fingerprint density at radius 1 is 1.11 bits per heavy atom. The maximum atomic E-state index is 13.1. The van der Waals surface area contributed by atoms with E-state index >= 15 is 0 Å². The van der Waals surface area contributed by atoms with Gasteiger partial charge in [0.1, 0.15) is 5.82 Å². The number of hydrogen-bond donors (Lipinski definition) is 2. The molecule has 1 saturated carbocycles. The molecule has 4 aromatic rings. The number of carbonyl (C=O) groups is 1. The fourth-order valence-electron chi connectivity index (χ4n) is 4.75. The molecule has 0 bridgehead atoms. The van der Waals surface area contributed by atoms with E-state index in [1.54, 1.807) is 29.3 Å². The third kappa shape index (κ3) is 4.70. The van der Waals surface area contributed by atoms with Gasteiger partial charge < -0.3 is 20.1 Å². The molecule has 0 spiro atoms. The summed E-state index contributed by atoms with van der Waals surface area (Å²) in [7, 11) is 0. The van der Waals surface area contributed by atoms with Crippen LogP contribution in [0, 0.1) is 0 Å². The van der Waals surface area contributed by atoms with E-state index in [1.165, 1.54) is 0 Å². The summed E-state index contributed by atoms with van der Waals surface area (Å²) in [5.74, 6) is 1.64. The smallest absolute Gasteiger partial charge is 0.254 e. The average Bonchev–Trinajstić information content (AvgIpc) is 3.62. The van der Waals surface area contributed by atoms with E-state index in [0.717, 1.165) is 51.9 Å². The van der Waals surface area contributed by atoms with Crippen molar-refractivity contribution < 1.29 is 4.79 Å². The summed E-state index contributed by atoms with van der Waals surface area (Å²) in [6.45, 7) is 2.01. The topological polar surface area (TPSA) is 101 Å². The molecule has 11 heteroatoms. The molecular formula is C24H26N8OS2. The highest BCUT2D eigenvalue weighted by atomic mass is 32.2. The van der Waals surface area contributed by atoms with Crippen molar-refractivity contribution in [1.29, 1.82) is 0 Å². The molecule has 0 unspecified atom stereocenters. The molecule has 2 aliphatic rings. The maximum Gasteiger partial charge on any atom is 0.254 e. The van der Waals surface area contributed by atoms with Gasteiger partial charge in [-0.2, -0.15) is 0 Å². The number of rotatable bonds is 6. The first-order chi connectivity index (χ1) is 17.1. The van der Waals surface area contributed by atoms with Gasteiger partial charge >= 0.3 is 0 Å². The predicted molar refractivity (Wildman–Crippen MR) is 139 cm³/mol. The Balaban J connectivity index is 1.09. The Bertz CT molecular complexity index is 1350. The van der Waals surface area contributed by atoms with Crippen molar-refractivity contribution in [3.8, 4) is 0 Å². The number of hydrogen-bond acceptors (Lipinski definition) is 9. The molecule has 1 amide bonds. The van der Waals surface area contributed by atoms with Gasteiger partial charge in [0.2, 0.25) is 5.95 Å². The Labute approximate surface area is 211 Å². The monoisotopic (exact) mass is 506 g/mol. The highest BCUT2D eigenvalue weighted by Gasteiger charge is 2.26. The lowest BCUT2D eigenvalue weighted by Crippen LogP contribution is -2.38. The van der Waals surface area contributed by atoms with Crippen LogP contribution in [0.2, 0.25) is 0 Å². The van der Waals surface area contributed by atoms with Crippen LogP contribution in [0.3, 0.4) is 0 Å². The minimum Gasteiger partial charge on any atom is -0.359 e. The Morgan fingerprint density at radius 3 is 2.77 bits per heavy atom. The lowest BCUT2D eigenvalue weighted by molar-refractivity contribution is 0.0707. The van der Waals surface area contributed by atoms with Gasteiger partial charge in [-0.3, -0.25) is 4.79 Å². The molecule has 1 fully saturated rings. The normalized spacial score (nSPS) is 19.6. The first-order valence-corrected chi connectivity index (χ1v) is 13.8. The minimum atomic E-state index is 0.0288. The molecule has 0 saturated heterocycles. The zero-order valence-electron chi connectivity index (χ0n) is 19.3. The van der Waals surface area contributed by atoms with E-state index in [4.69, 9.17) is 4.98 Å². The van der Waals surface area contributed by atoms with Crippen LogP contribution in [0.4, 0.5) is 11.1 Å². The molecule has 4 heterocycles. The molecule has 180 valence electrons. The van der Waals surface area contributed by atoms with Crippen molar-refractivity contribution in [2.45, 2.75) is 49.3 Å². The number of thiazole rings is 1. The van der Waals surface area contributed by atoms with Gasteiger partial charge in [0.15, 0.2) is 5.13 Å². The van der Waals surface area contributed by atoms with Crippen LogP contribution < -0.4 is 10.6 Å². The lowest BCUT2D eigenvalue weighted by atomic mass is 10.1. The molecule has 1 aromatic carbocycles. The van der Waals surface area contributed by atoms with E-state index < -0.39 is 0 Å². The van der Waals surface area contributed by atoms with Gasteiger partial charge in [-0.25, -0.2) is 19.9 Å². The number of nitrogens with one attached hydrogen (secondary N) is 2. The van der Waals surface area contributed by atoms with Gasteiger partial charge in [0.25, 0.3) is 5.91 Å². The van der Waals surface area contributed by atoms with E-state index in [2.05, 4.69) is 30.2 Å². The number of benzene rings is 1. The second-order valence-corrected chi connectivity index (χ2v) is 10.8. The van der Waals surface area contributed by atoms with Gasteiger partial charge in [-0.05, 0) is 43.7 Å². The van der Waals surface area contributed by atoms with E-state index in [-0.39, 0.29) is 5.91 Å². The Hall–Kier alpha value is -3.18. The van der Waals surface area contributed by atoms with Gasteiger partial charge in [-0.15, -0.1) is 11.8 Å². The largest absolute Gasteiger partial charge is 0.359 e. The van der Waals surface area contributed by atoms with Crippen LogP contribution >= 0.6 is 23.1 Å². The van der Waals surface area contributed by atoms with Crippen LogP contribution in [0.15, 0.2) is 47.9 Å². The average molecular weight is 507 g/mol. The van der Waals surface area contributed by atoms with E-state index in [1.807, 2.05) is 47.9 Å². The third-order valence-corrected chi connectivity index (χ3v) is 8.27. The van der Waals surface area contributed by atoms with Crippen LogP contribution in [0.5, 0.6) is 0 Å². The Morgan fingerprint density at radius 2 is 1.94 bits per heavy atom. The highest BCUT2D eigenvalue weighted by molar-refractivity contribution is 7.98. The molecule has 1 aliphatic heterocycles. The molecule has 2 N–H and O–H groups in total. The molecule has 2 atom stereocenters. The Kier molecular flexibility index (Phi) is 6.03. The number of anilines is 2. The summed E-state index contributed by atoms with van der Waals surface area (Å²) in [5, 5.41) is 7.95. The van der Waals surface area contributed by atoms with Crippen molar-refractivity contribution in [1.82, 2.24) is 29.4 Å². The maximum absolute atomic E-state index is 13.1. The van der Waals surface area contributed by atoms with Crippen molar-refractivity contribution >= 4 is 50.3 Å². The molecule has 6 rings (SSSR count). The second-order valence-electron chi connectivity index (χ2n) is 8.91. The van der Waals surface area contributed by atoms with Crippen molar-refractivity contribution in [2.24, 2.45) is 0 Å². The van der Waals surface area contributed by atoms with Crippen molar-refractivity contribution in [3.05, 3.63) is 54.4 Å². The van der Waals surface area contributed by atoms with Crippen LogP contribution in [-0.2, 0) is 13.1 Å². The third-order valence-electron chi connectivity index (χ3n) is 6.62.